The number of amidine groups is 1. The van der Waals surface area contributed by atoms with Gasteiger partial charge in [0.2, 0.25) is 0 Å². The molecule has 2 aliphatic heterocycles. The van der Waals surface area contributed by atoms with Gasteiger partial charge in [0.1, 0.15) is 23.9 Å². The van der Waals surface area contributed by atoms with Crippen molar-refractivity contribution in [1.82, 2.24) is 4.90 Å². The Morgan fingerprint density at radius 3 is 2.65 bits per heavy atom. The van der Waals surface area contributed by atoms with Crippen molar-refractivity contribution in [2.45, 2.75) is 31.5 Å². The van der Waals surface area contributed by atoms with Gasteiger partial charge in [0.25, 0.3) is 0 Å². The average molecular weight is 406 g/mol. The first-order chi connectivity index (χ1) is 10.5. The molecule has 8 heteroatoms. The number of hydrogen-bond acceptors (Lipinski definition) is 6. The normalized spacial score (nSPS) is 33.5. The molecule has 1 fully saturated rings. The molecule has 23 heavy (non-hydrogen) atoms. The van der Waals surface area contributed by atoms with E-state index in [0.29, 0.717) is 16.1 Å². The molecular weight excluding hydrogens is 381 g/mol. The predicted molar refractivity (Wildman–Crippen MR) is 100 cm³/mol. The molecule has 0 radical (unpaired) electrons. The smallest absolute Gasteiger partial charge is 0.164 e. The van der Waals surface area contributed by atoms with Crippen LogP contribution in [0.25, 0.3) is 0 Å². The fourth-order valence-corrected chi connectivity index (χ4v) is 5.08. The third-order valence-corrected chi connectivity index (χ3v) is 6.11. The van der Waals surface area contributed by atoms with E-state index in [1.807, 2.05) is 6.92 Å². The molecule has 130 valence electrons. The molecule has 1 saturated heterocycles. The van der Waals surface area contributed by atoms with E-state index in [1.165, 1.54) is 0 Å². The summed E-state index contributed by atoms with van der Waals surface area (Å²) in [6, 6.07) is 0. The maximum absolute atomic E-state index is 10.4. The summed E-state index contributed by atoms with van der Waals surface area (Å²) in [7, 11) is 0. The van der Waals surface area contributed by atoms with Crippen LogP contribution in [0.15, 0.2) is 28.1 Å². The van der Waals surface area contributed by atoms with Crippen LogP contribution in [0, 0.1) is 5.92 Å². The average Bonchev–Trinajstić information content (AvgIpc) is 2.69. The Morgan fingerprint density at radius 2 is 2.09 bits per heavy atom. The van der Waals surface area contributed by atoms with Crippen molar-refractivity contribution < 1.29 is 14.9 Å². The molecule has 2 rings (SSSR count). The Labute approximate surface area is 145 Å². The molecular formula is C15H25BrN3O3P. The quantitative estimate of drug-likeness (QED) is 0.610. The van der Waals surface area contributed by atoms with Gasteiger partial charge in [0, 0.05) is 6.20 Å². The lowest BCUT2D eigenvalue weighted by atomic mass is 10.00. The Bertz CT molecular complexity index is 601. The first-order valence-corrected chi connectivity index (χ1v) is 11.2. The molecule has 1 unspecified atom stereocenters. The van der Waals surface area contributed by atoms with Gasteiger partial charge in [-0.3, -0.25) is 0 Å². The number of hydrogen-bond donors (Lipinski definition) is 3. The van der Waals surface area contributed by atoms with Gasteiger partial charge in [0.05, 0.1) is 10.6 Å². The second kappa shape index (κ2) is 6.73. The van der Waals surface area contributed by atoms with Gasteiger partial charge in [0.15, 0.2) is 6.23 Å². The van der Waals surface area contributed by atoms with Gasteiger partial charge in [-0.1, -0.05) is 13.5 Å². The van der Waals surface area contributed by atoms with Crippen LogP contribution in [0.1, 0.15) is 6.92 Å². The summed E-state index contributed by atoms with van der Waals surface area (Å²) in [5, 5.41) is 20.8. The van der Waals surface area contributed by atoms with Crippen LogP contribution in [0.5, 0.6) is 0 Å². The molecule has 0 spiro atoms. The Hall–Kier alpha value is -0.590. The largest absolute Gasteiger partial charge is 0.388 e. The summed E-state index contributed by atoms with van der Waals surface area (Å²) < 4.78 is 6.55. The van der Waals surface area contributed by atoms with Crippen molar-refractivity contribution in [2.75, 3.05) is 19.5 Å². The highest BCUT2D eigenvalue weighted by Crippen LogP contribution is 2.41. The standard InChI is InChI=1S/C15H25BrN3O3P/c1-8(7-23(3,4)5)13-11(20)12(21)15(22-13)19-6-10(16)14(17)18-9(19)2/h6,8,11-13,15,20-21H,2-3,7H2,1,4-5H3,(H2,17,18)/t8?,11-,12+,13+,15+/m0/s1. The summed E-state index contributed by atoms with van der Waals surface area (Å²) in [6.45, 7) is 8.86. The van der Waals surface area contributed by atoms with Gasteiger partial charge < -0.3 is 25.6 Å². The number of nitrogens with two attached hydrogens (primary N) is 1. The van der Waals surface area contributed by atoms with Crippen molar-refractivity contribution in [3.63, 3.8) is 0 Å². The van der Waals surface area contributed by atoms with Crippen LogP contribution < -0.4 is 5.73 Å². The molecule has 0 aromatic rings. The molecule has 6 nitrogen and oxygen atoms in total. The van der Waals surface area contributed by atoms with E-state index in [2.05, 4.69) is 47.1 Å². The zero-order valence-electron chi connectivity index (χ0n) is 13.7. The van der Waals surface area contributed by atoms with Crippen molar-refractivity contribution in [1.29, 1.82) is 0 Å². The monoisotopic (exact) mass is 405 g/mol. The molecule has 2 aliphatic rings. The van der Waals surface area contributed by atoms with Crippen molar-refractivity contribution in [3.8, 4) is 0 Å². The van der Waals surface area contributed by atoms with Crippen LogP contribution in [-0.2, 0) is 4.74 Å². The lowest BCUT2D eigenvalue weighted by Crippen LogP contribution is -2.42. The van der Waals surface area contributed by atoms with E-state index in [9.17, 15) is 10.2 Å². The van der Waals surface area contributed by atoms with Crippen molar-refractivity contribution in [2.24, 2.45) is 16.6 Å². The minimum Gasteiger partial charge on any atom is -0.388 e. The van der Waals surface area contributed by atoms with Crippen LogP contribution in [0.3, 0.4) is 0 Å². The fraction of sp³-hybridized carbons (Fsp3) is 0.600. The lowest BCUT2D eigenvalue weighted by molar-refractivity contribution is -0.0680. The minimum atomic E-state index is -1.26. The van der Waals surface area contributed by atoms with Gasteiger partial charge in [-0.2, -0.15) is 0 Å². The summed E-state index contributed by atoms with van der Waals surface area (Å²) in [5.41, 5.74) is 5.73. The maximum atomic E-state index is 10.4. The van der Waals surface area contributed by atoms with Crippen LogP contribution in [-0.4, -0.2) is 71.3 Å². The zero-order chi connectivity index (χ0) is 17.5. The molecule has 0 saturated carbocycles. The van der Waals surface area contributed by atoms with E-state index in [-0.39, 0.29) is 5.92 Å². The number of nitrogens with zero attached hydrogens (tertiary/aromatic N) is 2. The highest BCUT2D eigenvalue weighted by Gasteiger charge is 2.48. The molecule has 0 amide bonds. The molecule has 4 N–H and O–H groups in total. The van der Waals surface area contributed by atoms with E-state index in [4.69, 9.17) is 10.5 Å². The third-order valence-electron chi connectivity index (χ3n) is 3.94. The SMILES string of the molecule is C=C1N=C(N)C(Br)=CN1[C@@H]1O[C@H](C(C)CP(=C)(C)C)[C@@H](O)[C@H]1O. The predicted octanol–water partition coefficient (Wildman–Crippen LogP) is 1.16. The zero-order valence-corrected chi connectivity index (χ0v) is 16.2. The topological polar surface area (TPSA) is 91.3 Å². The lowest BCUT2D eigenvalue weighted by Gasteiger charge is -2.31. The number of ether oxygens (including phenoxy) is 1. The summed E-state index contributed by atoms with van der Waals surface area (Å²) in [6.07, 6.45) is 3.51. The number of rotatable bonds is 4. The van der Waals surface area contributed by atoms with E-state index < -0.39 is 31.4 Å². The second-order valence-electron chi connectivity index (χ2n) is 6.87. The Balaban J connectivity index is 2.17. The maximum Gasteiger partial charge on any atom is 0.164 e. The first kappa shape index (κ1) is 18.7. The molecule has 0 aromatic heterocycles. The van der Waals surface area contributed by atoms with Crippen LogP contribution in [0.4, 0.5) is 0 Å². The molecule has 5 atom stereocenters. The Kier molecular flexibility index (Phi) is 5.48. The first-order valence-electron chi connectivity index (χ1n) is 7.39. The van der Waals surface area contributed by atoms with Crippen molar-refractivity contribution >= 4 is 35.0 Å². The van der Waals surface area contributed by atoms with Gasteiger partial charge in [-0.15, -0.1) is 13.2 Å². The second-order valence-corrected chi connectivity index (χ2v) is 12.0. The fourth-order valence-electron chi connectivity index (χ4n) is 3.00. The summed E-state index contributed by atoms with van der Waals surface area (Å²) >= 11 is 3.31. The van der Waals surface area contributed by atoms with Crippen LogP contribution in [0.2, 0.25) is 0 Å². The molecule has 0 aliphatic carbocycles. The van der Waals surface area contributed by atoms with Gasteiger partial charge >= 0.3 is 0 Å². The van der Waals surface area contributed by atoms with Gasteiger partial charge in [-0.25, -0.2) is 4.99 Å². The molecule has 0 bridgehead atoms. The van der Waals surface area contributed by atoms with Crippen molar-refractivity contribution in [3.05, 3.63) is 23.1 Å². The van der Waals surface area contributed by atoms with E-state index in [0.717, 1.165) is 6.16 Å². The third kappa shape index (κ3) is 4.09. The van der Waals surface area contributed by atoms with Crippen LogP contribution >= 0.6 is 22.8 Å². The number of aliphatic hydroxyl groups excluding tert-OH is 2. The van der Waals surface area contributed by atoms with E-state index in [1.54, 1.807) is 11.1 Å². The highest BCUT2D eigenvalue weighted by molar-refractivity contribution is 9.12. The minimum absolute atomic E-state index is 0.0875. The number of halogens is 1. The molecule has 2 heterocycles. The number of aliphatic hydroxyl groups is 2. The number of aliphatic imine (C=N–C) groups is 1. The molecule has 0 aromatic carbocycles. The Morgan fingerprint density at radius 1 is 1.48 bits per heavy atom. The summed E-state index contributed by atoms with van der Waals surface area (Å²) in [5.74, 6) is 0.762. The van der Waals surface area contributed by atoms with Gasteiger partial charge in [-0.05, 0) is 41.3 Å². The van der Waals surface area contributed by atoms with E-state index >= 15 is 0 Å². The highest BCUT2D eigenvalue weighted by atomic mass is 79.9. The summed E-state index contributed by atoms with van der Waals surface area (Å²) in [4.78, 5) is 5.70.